The van der Waals surface area contributed by atoms with Gasteiger partial charge in [0.05, 0.1) is 34.7 Å². The highest BCUT2D eigenvalue weighted by molar-refractivity contribution is 5.84. The maximum absolute atomic E-state index is 13.1. The van der Waals surface area contributed by atoms with Crippen LogP contribution in [0.2, 0.25) is 0 Å². The topological polar surface area (TPSA) is 89.8 Å². The van der Waals surface area contributed by atoms with Crippen LogP contribution < -0.4 is 5.73 Å². The SMILES string of the molecule is CC1(O)CC(C(N)c2cccc(-c3ccc4cnn(-c5cccc(C(F)F)n5)c4c3)n2)C1. The maximum Gasteiger partial charge on any atom is 0.280 e. The minimum Gasteiger partial charge on any atom is -0.390 e. The van der Waals surface area contributed by atoms with Crippen molar-refractivity contribution in [2.45, 2.75) is 37.8 Å². The zero-order chi connectivity index (χ0) is 22.5. The molecule has 164 valence electrons. The first kappa shape index (κ1) is 20.7. The van der Waals surface area contributed by atoms with Crippen molar-refractivity contribution in [3.63, 3.8) is 0 Å². The van der Waals surface area contributed by atoms with Crippen molar-refractivity contribution in [1.82, 2.24) is 19.7 Å². The molecule has 1 aliphatic rings. The first-order valence-corrected chi connectivity index (χ1v) is 10.5. The van der Waals surface area contributed by atoms with Gasteiger partial charge in [-0.25, -0.2) is 18.4 Å². The van der Waals surface area contributed by atoms with E-state index in [4.69, 9.17) is 10.7 Å². The van der Waals surface area contributed by atoms with Crippen LogP contribution in [0.5, 0.6) is 0 Å². The molecule has 0 radical (unpaired) electrons. The van der Waals surface area contributed by atoms with E-state index in [0.29, 0.717) is 18.7 Å². The van der Waals surface area contributed by atoms with E-state index in [1.165, 1.54) is 6.07 Å². The summed E-state index contributed by atoms with van der Waals surface area (Å²) in [6.45, 7) is 1.82. The number of aliphatic hydroxyl groups is 1. The number of nitrogens with zero attached hydrogens (tertiary/aromatic N) is 4. The zero-order valence-corrected chi connectivity index (χ0v) is 17.5. The first-order chi connectivity index (χ1) is 15.3. The van der Waals surface area contributed by atoms with E-state index in [1.807, 2.05) is 43.3 Å². The average Bonchev–Trinajstić information content (AvgIpc) is 3.20. The Morgan fingerprint density at radius 1 is 1.06 bits per heavy atom. The van der Waals surface area contributed by atoms with Gasteiger partial charge in [0.15, 0.2) is 5.82 Å². The molecule has 0 aliphatic heterocycles. The zero-order valence-electron chi connectivity index (χ0n) is 17.5. The fraction of sp³-hybridized carbons (Fsp3) is 0.292. The Morgan fingerprint density at radius 3 is 2.56 bits per heavy atom. The number of halogens is 2. The van der Waals surface area contributed by atoms with Crippen molar-refractivity contribution in [3.05, 3.63) is 72.2 Å². The van der Waals surface area contributed by atoms with Crippen molar-refractivity contribution in [3.8, 4) is 17.1 Å². The van der Waals surface area contributed by atoms with Gasteiger partial charge in [0.25, 0.3) is 6.43 Å². The minimum absolute atomic E-state index is 0.199. The van der Waals surface area contributed by atoms with Crippen LogP contribution in [0.4, 0.5) is 8.78 Å². The molecule has 5 rings (SSSR count). The predicted molar refractivity (Wildman–Crippen MR) is 117 cm³/mol. The Balaban J connectivity index is 1.49. The molecular weight excluding hydrogens is 412 g/mol. The number of fused-ring (bicyclic) bond motifs is 1. The second kappa shape index (κ2) is 7.72. The fourth-order valence-corrected chi connectivity index (χ4v) is 4.40. The van der Waals surface area contributed by atoms with Gasteiger partial charge in [0.2, 0.25) is 0 Å². The van der Waals surface area contributed by atoms with E-state index in [-0.39, 0.29) is 17.7 Å². The summed E-state index contributed by atoms with van der Waals surface area (Å²) < 4.78 is 27.7. The molecule has 1 aliphatic carbocycles. The van der Waals surface area contributed by atoms with Crippen LogP contribution in [-0.4, -0.2) is 30.5 Å². The van der Waals surface area contributed by atoms with Gasteiger partial charge in [0, 0.05) is 10.9 Å². The number of hydrogen-bond donors (Lipinski definition) is 2. The van der Waals surface area contributed by atoms with E-state index < -0.39 is 12.0 Å². The summed E-state index contributed by atoms with van der Waals surface area (Å²) in [7, 11) is 0. The Bertz CT molecular complexity index is 1280. The predicted octanol–water partition coefficient (Wildman–Crippen LogP) is 4.58. The monoisotopic (exact) mass is 435 g/mol. The third-order valence-electron chi connectivity index (χ3n) is 6.09. The second-order valence-electron chi connectivity index (χ2n) is 8.69. The third-order valence-corrected chi connectivity index (χ3v) is 6.09. The van der Waals surface area contributed by atoms with Crippen molar-refractivity contribution in [1.29, 1.82) is 0 Å². The van der Waals surface area contributed by atoms with Gasteiger partial charge in [-0.2, -0.15) is 5.10 Å². The van der Waals surface area contributed by atoms with Crippen LogP contribution in [0.1, 0.15) is 43.6 Å². The molecule has 32 heavy (non-hydrogen) atoms. The van der Waals surface area contributed by atoms with Crippen molar-refractivity contribution in [2.24, 2.45) is 11.7 Å². The summed E-state index contributed by atoms with van der Waals surface area (Å²) in [6.07, 6.45) is 0.354. The number of rotatable bonds is 5. The number of benzene rings is 1. The van der Waals surface area contributed by atoms with E-state index in [0.717, 1.165) is 27.9 Å². The summed E-state index contributed by atoms with van der Waals surface area (Å²) in [5.41, 5.74) is 8.63. The van der Waals surface area contributed by atoms with Crippen LogP contribution in [0.3, 0.4) is 0 Å². The molecule has 4 aromatic rings. The Labute approximate surface area is 183 Å². The molecule has 0 amide bonds. The Hall–Kier alpha value is -3.23. The van der Waals surface area contributed by atoms with E-state index >= 15 is 0 Å². The molecule has 1 fully saturated rings. The molecule has 0 spiro atoms. The summed E-state index contributed by atoms with van der Waals surface area (Å²) in [5.74, 6) is 0.528. The van der Waals surface area contributed by atoms with Gasteiger partial charge in [-0.1, -0.05) is 24.3 Å². The second-order valence-corrected chi connectivity index (χ2v) is 8.69. The molecule has 3 N–H and O–H groups in total. The lowest BCUT2D eigenvalue weighted by molar-refractivity contribution is -0.0654. The lowest BCUT2D eigenvalue weighted by atomic mass is 9.68. The average molecular weight is 435 g/mol. The van der Waals surface area contributed by atoms with Gasteiger partial charge >= 0.3 is 0 Å². The molecule has 3 aromatic heterocycles. The highest BCUT2D eigenvalue weighted by Gasteiger charge is 2.42. The number of alkyl halides is 2. The minimum atomic E-state index is -2.65. The van der Waals surface area contributed by atoms with Crippen molar-refractivity contribution in [2.75, 3.05) is 0 Å². The molecule has 1 saturated carbocycles. The third kappa shape index (κ3) is 3.76. The maximum atomic E-state index is 13.1. The smallest absolute Gasteiger partial charge is 0.280 e. The summed E-state index contributed by atoms with van der Waals surface area (Å²) in [6, 6.07) is 15.8. The number of pyridine rings is 2. The molecular formula is C24H23F2N5O. The first-order valence-electron chi connectivity index (χ1n) is 10.5. The van der Waals surface area contributed by atoms with Gasteiger partial charge in [-0.15, -0.1) is 0 Å². The van der Waals surface area contributed by atoms with Crippen LogP contribution in [0.15, 0.2) is 60.8 Å². The largest absolute Gasteiger partial charge is 0.390 e. The van der Waals surface area contributed by atoms with Crippen LogP contribution in [0, 0.1) is 5.92 Å². The molecule has 1 atom stereocenters. The molecule has 3 heterocycles. The highest BCUT2D eigenvalue weighted by atomic mass is 19.3. The normalized spacial score (nSPS) is 21.6. The van der Waals surface area contributed by atoms with Crippen LogP contribution >= 0.6 is 0 Å². The standard InChI is InChI=1S/C24H23F2N5O/c1-24(32)11-16(12-24)22(27)18-5-2-4-17(29-18)14-8-9-15-13-28-31(20(15)10-14)21-7-3-6-19(30-21)23(25)26/h2-10,13,16,22-23,32H,11-12,27H2,1H3. The molecule has 1 aromatic carbocycles. The lowest BCUT2D eigenvalue weighted by Gasteiger charge is -2.43. The summed E-state index contributed by atoms with van der Waals surface area (Å²) in [5, 5.41) is 15.2. The molecule has 0 bridgehead atoms. The summed E-state index contributed by atoms with van der Waals surface area (Å²) >= 11 is 0. The van der Waals surface area contributed by atoms with Gasteiger partial charge in [-0.3, -0.25) is 4.98 Å². The van der Waals surface area contributed by atoms with Crippen LogP contribution in [-0.2, 0) is 0 Å². The van der Waals surface area contributed by atoms with E-state index in [1.54, 1.807) is 23.0 Å². The number of hydrogen-bond acceptors (Lipinski definition) is 5. The fourth-order valence-electron chi connectivity index (χ4n) is 4.40. The van der Waals surface area contributed by atoms with Crippen molar-refractivity contribution >= 4 is 10.9 Å². The quantitative estimate of drug-likeness (QED) is 0.479. The summed E-state index contributed by atoms with van der Waals surface area (Å²) in [4.78, 5) is 8.82. The number of nitrogens with two attached hydrogens (primary N) is 1. The molecule has 8 heteroatoms. The highest BCUT2D eigenvalue weighted by Crippen LogP contribution is 2.43. The molecule has 0 saturated heterocycles. The number of aromatic nitrogens is 4. The van der Waals surface area contributed by atoms with E-state index in [9.17, 15) is 13.9 Å². The van der Waals surface area contributed by atoms with Crippen molar-refractivity contribution < 1.29 is 13.9 Å². The van der Waals surface area contributed by atoms with Gasteiger partial charge in [0.1, 0.15) is 5.69 Å². The van der Waals surface area contributed by atoms with Crippen LogP contribution in [0.25, 0.3) is 28.0 Å². The van der Waals surface area contributed by atoms with Gasteiger partial charge < -0.3 is 10.8 Å². The lowest BCUT2D eigenvalue weighted by Crippen LogP contribution is -2.45. The Kier molecular flexibility index (Phi) is 4.98. The molecule has 6 nitrogen and oxygen atoms in total. The molecule has 1 unspecified atom stereocenters. The Morgan fingerprint density at radius 2 is 1.81 bits per heavy atom. The van der Waals surface area contributed by atoms with Gasteiger partial charge in [-0.05, 0) is 56.0 Å². The van der Waals surface area contributed by atoms with E-state index in [2.05, 4.69) is 10.1 Å².